The summed E-state index contributed by atoms with van der Waals surface area (Å²) in [6.45, 7) is 1.90. The van der Waals surface area contributed by atoms with Gasteiger partial charge in [-0.15, -0.1) is 5.10 Å². The fraction of sp³-hybridized carbons (Fsp3) is 0.111. The monoisotopic (exact) mass is 256 g/mol. The Morgan fingerprint density at radius 2 is 2.08 bits per heavy atom. The zero-order valence-electron chi connectivity index (χ0n) is 6.88. The van der Waals surface area contributed by atoms with Gasteiger partial charge in [0.25, 0.3) is 0 Å². The Morgan fingerprint density at radius 1 is 1.31 bits per heavy atom. The average Bonchev–Trinajstić information content (AvgIpc) is 2.12. The van der Waals surface area contributed by atoms with Gasteiger partial charge in [-0.2, -0.15) is 5.10 Å². The summed E-state index contributed by atoms with van der Waals surface area (Å²) in [6, 6.07) is 5.67. The Labute approximate surface area is 89.1 Å². The van der Waals surface area contributed by atoms with Crippen molar-refractivity contribution in [1.82, 2.24) is 10.2 Å². The van der Waals surface area contributed by atoms with Gasteiger partial charge in [0.05, 0.1) is 15.2 Å². The highest BCUT2D eigenvalue weighted by Gasteiger charge is 2.06. The molecule has 0 fully saturated rings. The molecule has 1 aromatic carbocycles. The van der Waals surface area contributed by atoms with Crippen molar-refractivity contribution in [2.45, 2.75) is 6.92 Å². The SMILES string of the molecule is Cc1nnc2c(Cl)cccc2c1Br. The van der Waals surface area contributed by atoms with E-state index in [4.69, 9.17) is 11.6 Å². The van der Waals surface area contributed by atoms with E-state index in [9.17, 15) is 0 Å². The van der Waals surface area contributed by atoms with Crippen molar-refractivity contribution in [1.29, 1.82) is 0 Å². The van der Waals surface area contributed by atoms with Crippen LogP contribution >= 0.6 is 27.5 Å². The highest BCUT2D eigenvalue weighted by Crippen LogP contribution is 2.28. The van der Waals surface area contributed by atoms with Crippen LogP contribution in [0.5, 0.6) is 0 Å². The standard InChI is InChI=1S/C9H6BrClN2/c1-5-8(10)6-3-2-4-7(11)9(6)13-12-5/h2-4H,1H3. The Balaban J connectivity index is 2.94. The van der Waals surface area contributed by atoms with E-state index in [1.54, 1.807) is 6.07 Å². The average molecular weight is 258 g/mol. The second-order valence-corrected chi connectivity index (χ2v) is 3.94. The smallest absolute Gasteiger partial charge is 0.113 e. The Morgan fingerprint density at radius 3 is 2.85 bits per heavy atom. The van der Waals surface area contributed by atoms with Gasteiger partial charge in [-0.3, -0.25) is 0 Å². The predicted octanol–water partition coefficient (Wildman–Crippen LogP) is 3.35. The molecule has 0 radical (unpaired) electrons. The maximum Gasteiger partial charge on any atom is 0.113 e. The molecule has 1 aromatic heterocycles. The topological polar surface area (TPSA) is 25.8 Å². The van der Waals surface area contributed by atoms with Crippen LogP contribution in [0.25, 0.3) is 10.9 Å². The molecule has 0 aliphatic rings. The molecule has 66 valence electrons. The molecule has 0 aliphatic heterocycles. The fourth-order valence-electron chi connectivity index (χ4n) is 1.16. The van der Waals surface area contributed by atoms with Crippen LogP contribution in [0.15, 0.2) is 22.7 Å². The maximum atomic E-state index is 5.96. The number of rotatable bonds is 0. The van der Waals surface area contributed by atoms with Gasteiger partial charge in [0, 0.05) is 5.39 Å². The lowest BCUT2D eigenvalue weighted by Crippen LogP contribution is -1.90. The first-order chi connectivity index (χ1) is 6.20. The molecule has 0 bridgehead atoms. The van der Waals surface area contributed by atoms with Crippen molar-refractivity contribution in [2.75, 3.05) is 0 Å². The van der Waals surface area contributed by atoms with E-state index in [1.807, 2.05) is 19.1 Å². The molecule has 4 heteroatoms. The molecule has 0 unspecified atom stereocenters. The highest BCUT2D eigenvalue weighted by atomic mass is 79.9. The molecule has 0 saturated heterocycles. The molecule has 13 heavy (non-hydrogen) atoms. The normalized spacial score (nSPS) is 10.7. The predicted molar refractivity (Wildman–Crippen MR) is 57.0 cm³/mol. The number of fused-ring (bicyclic) bond motifs is 1. The Bertz CT molecular complexity index is 470. The van der Waals surface area contributed by atoms with E-state index >= 15 is 0 Å². The number of aryl methyl sites for hydroxylation is 1. The van der Waals surface area contributed by atoms with Crippen molar-refractivity contribution >= 4 is 38.4 Å². The molecule has 0 saturated carbocycles. The van der Waals surface area contributed by atoms with Crippen LogP contribution in [0.4, 0.5) is 0 Å². The molecule has 2 rings (SSSR count). The maximum absolute atomic E-state index is 5.96. The summed E-state index contributed by atoms with van der Waals surface area (Å²) in [5.74, 6) is 0. The first kappa shape index (κ1) is 8.91. The van der Waals surface area contributed by atoms with E-state index in [0.717, 1.165) is 21.1 Å². The molecular weight excluding hydrogens is 251 g/mol. The lowest BCUT2D eigenvalue weighted by Gasteiger charge is -2.02. The fourth-order valence-corrected chi connectivity index (χ4v) is 1.77. The molecule has 0 aliphatic carbocycles. The van der Waals surface area contributed by atoms with Crippen LogP contribution in [0.3, 0.4) is 0 Å². The Hall–Kier alpha value is -0.670. The summed E-state index contributed by atoms with van der Waals surface area (Å²) in [7, 11) is 0. The summed E-state index contributed by atoms with van der Waals surface area (Å²) >= 11 is 9.41. The number of nitrogens with zero attached hydrogens (tertiary/aromatic N) is 2. The van der Waals surface area contributed by atoms with Gasteiger partial charge >= 0.3 is 0 Å². The summed E-state index contributed by atoms with van der Waals surface area (Å²) in [5, 5.41) is 9.65. The largest absolute Gasteiger partial charge is 0.154 e. The molecule has 2 aromatic rings. The van der Waals surface area contributed by atoms with Gasteiger partial charge in [-0.1, -0.05) is 23.7 Å². The first-order valence-corrected chi connectivity index (χ1v) is 4.94. The minimum Gasteiger partial charge on any atom is -0.154 e. The number of hydrogen-bond donors (Lipinski definition) is 0. The number of aromatic nitrogens is 2. The van der Waals surface area contributed by atoms with Crippen LogP contribution in [0.1, 0.15) is 5.69 Å². The van der Waals surface area contributed by atoms with Crippen molar-refractivity contribution in [3.05, 3.63) is 33.4 Å². The molecule has 0 atom stereocenters. The van der Waals surface area contributed by atoms with E-state index < -0.39 is 0 Å². The van der Waals surface area contributed by atoms with Crippen LogP contribution in [-0.4, -0.2) is 10.2 Å². The quantitative estimate of drug-likeness (QED) is 0.723. The number of halogens is 2. The van der Waals surface area contributed by atoms with Crippen molar-refractivity contribution in [3.63, 3.8) is 0 Å². The van der Waals surface area contributed by atoms with Gasteiger partial charge < -0.3 is 0 Å². The van der Waals surface area contributed by atoms with Crippen molar-refractivity contribution in [2.24, 2.45) is 0 Å². The van der Waals surface area contributed by atoms with Gasteiger partial charge in [0.1, 0.15) is 5.52 Å². The lowest BCUT2D eigenvalue weighted by atomic mass is 10.2. The zero-order valence-corrected chi connectivity index (χ0v) is 9.22. The van der Waals surface area contributed by atoms with Gasteiger partial charge in [0.2, 0.25) is 0 Å². The summed E-state index contributed by atoms with van der Waals surface area (Å²) in [5.41, 5.74) is 1.61. The highest BCUT2D eigenvalue weighted by molar-refractivity contribution is 9.10. The van der Waals surface area contributed by atoms with Crippen LogP contribution < -0.4 is 0 Å². The van der Waals surface area contributed by atoms with Gasteiger partial charge in [-0.25, -0.2) is 0 Å². The van der Waals surface area contributed by atoms with Gasteiger partial charge in [0.15, 0.2) is 0 Å². The summed E-state index contributed by atoms with van der Waals surface area (Å²) in [4.78, 5) is 0. The lowest BCUT2D eigenvalue weighted by molar-refractivity contribution is 1.01. The van der Waals surface area contributed by atoms with Crippen LogP contribution in [-0.2, 0) is 0 Å². The number of hydrogen-bond acceptors (Lipinski definition) is 2. The zero-order chi connectivity index (χ0) is 9.42. The number of benzene rings is 1. The van der Waals surface area contributed by atoms with Crippen LogP contribution in [0.2, 0.25) is 5.02 Å². The minimum absolute atomic E-state index is 0.630. The Kier molecular flexibility index (Phi) is 2.22. The second kappa shape index (κ2) is 3.24. The van der Waals surface area contributed by atoms with Crippen molar-refractivity contribution in [3.8, 4) is 0 Å². The third-order valence-electron chi connectivity index (χ3n) is 1.84. The first-order valence-electron chi connectivity index (χ1n) is 3.77. The summed E-state index contributed by atoms with van der Waals surface area (Å²) in [6.07, 6.45) is 0. The molecule has 0 amide bonds. The molecule has 0 spiro atoms. The van der Waals surface area contributed by atoms with Gasteiger partial charge in [-0.05, 0) is 28.9 Å². The molecule has 0 N–H and O–H groups in total. The summed E-state index contributed by atoms with van der Waals surface area (Å²) < 4.78 is 0.958. The van der Waals surface area contributed by atoms with E-state index in [1.165, 1.54) is 0 Å². The van der Waals surface area contributed by atoms with Crippen LogP contribution in [0, 0.1) is 6.92 Å². The second-order valence-electron chi connectivity index (χ2n) is 2.74. The third kappa shape index (κ3) is 1.42. The third-order valence-corrected chi connectivity index (χ3v) is 3.15. The molecule has 1 heterocycles. The van der Waals surface area contributed by atoms with E-state index in [-0.39, 0.29) is 0 Å². The molecule has 2 nitrogen and oxygen atoms in total. The van der Waals surface area contributed by atoms with E-state index in [2.05, 4.69) is 26.1 Å². The molecular formula is C9H6BrClN2. The van der Waals surface area contributed by atoms with Crippen molar-refractivity contribution < 1.29 is 0 Å². The van der Waals surface area contributed by atoms with E-state index in [0.29, 0.717) is 5.02 Å². The minimum atomic E-state index is 0.630.